The zero-order chi connectivity index (χ0) is 18.9. The molecule has 0 saturated heterocycles. The lowest BCUT2D eigenvalue weighted by atomic mass is 10.3. The van der Waals surface area contributed by atoms with Crippen LogP contribution in [0.25, 0.3) is 0 Å². The van der Waals surface area contributed by atoms with E-state index in [4.69, 9.17) is 9.47 Å². The normalized spacial score (nSPS) is 10.5. The van der Waals surface area contributed by atoms with Crippen LogP contribution in [0.15, 0.2) is 78.9 Å². The topological polar surface area (TPSA) is 42.5 Å². The minimum Gasteiger partial charge on any atom is -0.491 e. The Labute approximate surface area is 161 Å². The Morgan fingerprint density at radius 1 is 0.667 bits per heavy atom. The molecule has 0 atom stereocenters. The minimum absolute atomic E-state index is 0.177. The summed E-state index contributed by atoms with van der Waals surface area (Å²) in [7, 11) is 0. The Hall–Kier alpha value is -3.14. The highest BCUT2D eigenvalue weighted by molar-refractivity contribution is 5.49. The molecule has 4 heteroatoms. The van der Waals surface area contributed by atoms with Crippen molar-refractivity contribution in [2.75, 3.05) is 23.7 Å². The summed E-state index contributed by atoms with van der Waals surface area (Å²) < 4.78 is 11.5. The largest absolute Gasteiger partial charge is 0.491 e. The van der Waals surface area contributed by atoms with Crippen LogP contribution >= 0.6 is 0 Å². The maximum Gasteiger partial charge on any atom is 0.127 e. The molecule has 0 spiro atoms. The van der Waals surface area contributed by atoms with Gasteiger partial charge >= 0.3 is 0 Å². The van der Waals surface area contributed by atoms with E-state index < -0.39 is 0 Å². The first kappa shape index (κ1) is 18.6. The van der Waals surface area contributed by atoms with Crippen LogP contribution < -0.4 is 20.1 Å². The smallest absolute Gasteiger partial charge is 0.127 e. The quantitative estimate of drug-likeness (QED) is 0.473. The van der Waals surface area contributed by atoms with Crippen LogP contribution in [0.1, 0.15) is 13.8 Å². The van der Waals surface area contributed by atoms with E-state index in [-0.39, 0.29) is 6.10 Å². The highest BCUT2D eigenvalue weighted by Gasteiger charge is 2.00. The SMILES string of the molecule is CC(C)Oc1cccc(NCCNc2ccc(Oc3ccccc3)cc2)c1. The molecule has 0 saturated carbocycles. The van der Waals surface area contributed by atoms with E-state index in [1.54, 1.807) is 0 Å². The molecule has 0 aliphatic carbocycles. The molecule has 3 aromatic rings. The second-order valence-electron chi connectivity index (χ2n) is 6.49. The van der Waals surface area contributed by atoms with Gasteiger partial charge in [0.25, 0.3) is 0 Å². The van der Waals surface area contributed by atoms with E-state index in [9.17, 15) is 0 Å². The number of hydrogen-bond donors (Lipinski definition) is 2. The van der Waals surface area contributed by atoms with Crippen molar-refractivity contribution in [2.45, 2.75) is 20.0 Å². The number of benzene rings is 3. The monoisotopic (exact) mass is 362 g/mol. The van der Waals surface area contributed by atoms with Crippen molar-refractivity contribution in [2.24, 2.45) is 0 Å². The third-order valence-electron chi connectivity index (χ3n) is 3.82. The maximum absolute atomic E-state index is 5.80. The summed E-state index contributed by atoms with van der Waals surface area (Å²) in [4.78, 5) is 0. The average Bonchev–Trinajstić information content (AvgIpc) is 2.67. The third-order valence-corrected chi connectivity index (χ3v) is 3.82. The fourth-order valence-electron chi connectivity index (χ4n) is 2.63. The third kappa shape index (κ3) is 6.26. The first-order valence-electron chi connectivity index (χ1n) is 9.26. The summed E-state index contributed by atoms with van der Waals surface area (Å²) in [5.74, 6) is 2.55. The maximum atomic E-state index is 5.80. The number of anilines is 2. The fourth-order valence-corrected chi connectivity index (χ4v) is 2.63. The minimum atomic E-state index is 0.177. The molecule has 0 aliphatic rings. The molecule has 27 heavy (non-hydrogen) atoms. The highest BCUT2D eigenvalue weighted by atomic mass is 16.5. The lowest BCUT2D eigenvalue weighted by molar-refractivity contribution is 0.242. The first-order chi connectivity index (χ1) is 13.2. The number of hydrogen-bond acceptors (Lipinski definition) is 4. The number of nitrogens with one attached hydrogen (secondary N) is 2. The Kier molecular flexibility index (Phi) is 6.58. The fraction of sp³-hybridized carbons (Fsp3) is 0.217. The number of para-hydroxylation sites is 1. The standard InChI is InChI=1S/C23H26N2O2/c1-18(2)26-23-10-6-7-20(17-23)25-16-15-24-19-11-13-22(14-12-19)27-21-8-4-3-5-9-21/h3-14,17-18,24-25H,15-16H2,1-2H3. The van der Waals surface area contributed by atoms with E-state index in [1.807, 2.05) is 92.7 Å². The molecule has 0 bridgehead atoms. The second kappa shape index (κ2) is 9.53. The van der Waals surface area contributed by atoms with Gasteiger partial charge in [0.1, 0.15) is 17.2 Å². The molecular weight excluding hydrogens is 336 g/mol. The predicted octanol–water partition coefficient (Wildman–Crippen LogP) is 5.79. The second-order valence-corrected chi connectivity index (χ2v) is 6.49. The average molecular weight is 362 g/mol. The lowest BCUT2D eigenvalue weighted by Gasteiger charge is -2.13. The molecular formula is C23H26N2O2. The molecule has 3 rings (SSSR count). The number of ether oxygens (including phenoxy) is 2. The summed E-state index contributed by atoms with van der Waals surface area (Å²) >= 11 is 0. The van der Waals surface area contributed by atoms with Gasteiger partial charge in [0.05, 0.1) is 6.10 Å². The van der Waals surface area contributed by atoms with Gasteiger partial charge in [-0.1, -0.05) is 24.3 Å². The summed E-state index contributed by atoms with van der Waals surface area (Å²) in [6.07, 6.45) is 0.177. The molecule has 0 radical (unpaired) electrons. The summed E-state index contributed by atoms with van der Waals surface area (Å²) in [6.45, 7) is 5.68. The Bertz CT molecular complexity index is 817. The van der Waals surface area contributed by atoms with Crippen LogP contribution in [0.2, 0.25) is 0 Å². The Morgan fingerprint density at radius 3 is 2.00 bits per heavy atom. The van der Waals surface area contributed by atoms with Crippen molar-refractivity contribution in [1.82, 2.24) is 0 Å². The van der Waals surface area contributed by atoms with Crippen molar-refractivity contribution in [3.63, 3.8) is 0 Å². The van der Waals surface area contributed by atoms with Gasteiger partial charge in [-0.25, -0.2) is 0 Å². The molecule has 0 heterocycles. The molecule has 0 aromatic heterocycles. The van der Waals surface area contributed by atoms with E-state index in [0.717, 1.165) is 41.7 Å². The van der Waals surface area contributed by atoms with Gasteiger partial charge in [0.15, 0.2) is 0 Å². The molecule has 0 amide bonds. The van der Waals surface area contributed by atoms with Crippen molar-refractivity contribution < 1.29 is 9.47 Å². The van der Waals surface area contributed by atoms with E-state index in [0.29, 0.717) is 0 Å². The van der Waals surface area contributed by atoms with Gasteiger partial charge in [-0.15, -0.1) is 0 Å². The van der Waals surface area contributed by atoms with Gasteiger partial charge in [-0.3, -0.25) is 0 Å². The zero-order valence-corrected chi connectivity index (χ0v) is 15.8. The van der Waals surface area contributed by atoms with Crippen LogP contribution in [0, 0.1) is 0 Å². The Morgan fingerprint density at radius 2 is 1.30 bits per heavy atom. The van der Waals surface area contributed by atoms with Crippen LogP contribution in [0.5, 0.6) is 17.2 Å². The highest BCUT2D eigenvalue weighted by Crippen LogP contribution is 2.22. The summed E-state index contributed by atoms with van der Waals surface area (Å²) in [6, 6.07) is 25.8. The molecule has 140 valence electrons. The van der Waals surface area contributed by atoms with E-state index in [1.165, 1.54) is 0 Å². The number of rotatable bonds is 9. The van der Waals surface area contributed by atoms with Gasteiger partial charge in [-0.05, 0) is 62.4 Å². The van der Waals surface area contributed by atoms with Crippen LogP contribution in [0.3, 0.4) is 0 Å². The van der Waals surface area contributed by atoms with Gasteiger partial charge in [0.2, 0.25) is 0 Å². The Balaban J connectivity index is 1.43. The molecule has 0 unspecified atom stereocenters. The van der Waals surface area contributed by atoms with Gasteiger partial charge in [-0.2, -0.15) is 0 Å². The van der Waals surface area contributed by atoms with Crippen LogP contribution in [-0.4, -0.2) is 19.2 Å². The molecule has 2 N–H and O–H groups in total. The molecule has 0 aliphatic heterocycles. The van der Waals surface area contributed by atoms with Crippen molar-refractivity contribution in [3.05, 3.63) is 78.9 Å². The van der Waals surface area contributed by atoms with Crippen molar-refractivity contribution in [1.29, 1.82) is 0 Å². The molecule has 4 nitrogen and oxygen atoms in total. The predicted molar refractivity (Wildman–Crippen MR) is 112 cm³/mol. The van der Waals surface area contributed by atoms with E-state index >= 15 is 0 Å². The van der Waals surface area contributed by atoms with E-state index in [2.05, 4.69) is 10.6 Å². The lowest BCUT2D eigenvalue weighted by Crippen LogP contribution is -2.13. The molecule has 0 fully saturated rings. The summed E-state index contributed by atoms with van der Waals surface area (Å²) in [5, 5.41) is 6.81. The van der Waals surface area contributed by atoms with Crippen molar-refractivity contribution in [3.8, 4) is 17.2 Å². The van der Waals surface area contributed by atoms with Gasteiger partial charge in [0, 0.05) is 30.5 Å². The van der Waals surface area contributed by atoms with Gasteiger partial charge < -0.3 is 20.1 Å². The van der Waals surface area contributed by atoms with Crippen LogP contribution in [0.4, 0.5) is 11.4 Å². The van der Waals surface area contributed by atoms with Crippen LogP contribution in [-0.2, 0) is 0 Å². The first-order valence-corrected chi connectivity index (χ1v) is 9.26. The zero-order valence-electron chi connectivity index (χ0n) is 15.8. The molecule has 3 aromatic carbocycles. The summed E-state index contributed by atoms with van der Waals surface area (Å²) in [5.41, 5.74) is 2.12. The van der Waals surface area contributed by atoms with Crippen molar-refractivity contribution >= 4 is 11.4 Å².